The molecule has 0 aliphatic heterocycles. The summed E-state index contributed by atoms with van der Waals surface area (Å²) in [6, 6.07) is 6.68. The summed E-state index contributed by atoms with van der Waals surface area (Å²) in [7, 11) is 0. The van der Waals surface area contributed by atoms with Gasteiger partial charge in [0.25, 0.3) is 0 Å². The fraction of sp³-hybridized carbons (Fsp3) is 0.0833. The average molecular weight is 255 g/mol. The molecule has 0 aliphatic carbocycles. The highest BCUT2D eigenvalue weighted by molar-refractivity contribution is 5.76. The molecule has 0 radical (unpaired) electrons. The van der Waals surface area contributed by atoms with Gasteiger partial charge in [0.1, 0.15) is 11.5 Å². The summed E-state index contributed by atoms with van der Waals surface area (Å²) in [5.74, 6) is -0.739. The van der Waals surface area contributed by atoms with Crippen LogP contribution in [-0.4, -0.2) is 16.5 Å². The van der Waals surface area contributed by atoms with E-state index in [2.05, 4.69) is 9.72 Å². The maximum atomic E-state index is 12.3. The van der Waals surface area contributed by atoms with Gasteiger partial charge < -0.3 is 9.84 Å². The van der Waals surface area contributed by atoms with E-state index in [1.807, 2.05) is 0 Å². The smallest absolute Gasteiger partial charge is 0.507 e. The van der Waals surface area contributed by atoms with Crippen molar-refractivity contribution in [2.45, 2.75) is 6.36 Å². The SMILES string of the molecule is Oc1cccc(OC(F)(F)F)c1-c1ccncc1. The molecule has 1 aromatic carbocycles. The van der Waals surface area contributed by atoms with Crippen LogP contribution in [0.5, 0.6) is 11.5 Å². The lowest BCUT2D eigenvalue weighted by atomic mass is 10.1. The van der Waals surface area contributed by atoms with Crippen molar-refractivity contribution in [2.75, 3.05) is 0 Å². The molecule has 2 aromatic rings. The number of ether oxygens (including phenoxy) is 1. The second-order valence-electron chi connectivity index (χ2n) is 3.43. The molecule has 0 unspecified atom stereocenters. The molecule has 94 valence electrons. The standard InChI is InChI=1S/C12H8F3NO2/c13-12(14,15)18-10-3-1-2-9(17)11(10)8-4-6-16-7-5-8/h1-7,17H. The van der Waals surface area contributed by atoms with E-state index in [-0.39, 0.29) is 11.3 Å². The van der Waals surface area contributed by atoms with Crippen LogP contribution in [0.25, 0.3) is 11.1 Å². The van der Waals surface area contributed by atoms with E-state index in [1.165, 1.54) is 36.7 Å². The maximum Gasteiger partial charge on any atom is 0.573 e. The average Bonchev–Trinajstić information content (AvgIpc) is 2.28. The molecule has 2 rings (SSSR count). The van der Waals surface area contributed by atoms with Crippen LogP contribution in [0, 0.1) is 0 Å². The van der Waals surface area contributed by atoms with E-state index >= 15 is 0 Å². The van der Waals surface area contributed by atoms with Gasteiger partial charge in [0.05, 0.1) is 5.56 Å². The second kappa shape index (κ2) is 4.56. The van der Waals surface area contributed by atoms with Gasteiger partial charge in [-0.2, -0.15) is 0 Å². The number of phenols is 1. The van der Waals surface area contributed by atoms with Crippen LogP contribution in [-0.2, 0) is 0 Å². The van der Waals surface area contributed by atoms with Gasteiger partial charge in [0.2, 0.25) is 0 Å². The van der Waals surface area contributed by atoms with Crippen LogP contribution in [0.2, 0.25) is 0 Å². The first kappa shape index (κ1) is 12.2. The number of aromatic hydroxyl groups is 1. The molecule has 6 heteroatoms. The van der Waals surface area contributed by atoms with Crippen LogP contribution in [0.1, 0.15) is 0 Å². The molecule has 0 spiro atoms. The molecule has 0 bridgehead atoms. The minimum Gasteiger partial charge on any atom is -0.507 e. The third kappa shape index (κ3) is 2.71. The van der Waals surface area contributed by atoms with Crippen molar-refractivity contribution in [3.05, 3.63) is 42.7 Å². The van der Waals surface area contributed by atoms with Gasteiger partial charge in [0.15, 0.2) is 0 Å². The Balaban J connectivity index is 2.52. The highest BCUT2D eigenvalue weighted by Crippen LogP contribution is 2.39. The molecule has 1 heterocycles. The normalized spacial score (nSPS) is 11.3. The Bertz CT molecular complexity index is 541. The highest BCUT2D eigenvalue weighted by Gasteiger charge is 2.32. The molecule has 0 saturated heterocycles. The number of nitrogens with zero attached hydrogens (tertiary/aromatic N) is 1. The topological polar surface area (TPSA) is 42.4 Å². The Labute approximate surface area is 100 Å². The minimum absolute atomic E-state index is 0.0165. The Kier molecular flexibility index (Phi) is 3.10. The van der Waals surface area contributed by atoms with E-state index in [4.69, 9.17) is 0 Å². The zero-order valence-corrected chi connectivity index (χ0v) is 8.98. The van der Waals surface area contributed by atoms with Gasteiger partial charge in [-0.25, -0.2) is 0 Å². The van der Waals surface area contributed by atoms with Gasteiger partial charge in [-0.1, -0.05) is 6.07 Å². The Morgan fingerprint density at radius 1 is 1.06 bits per heavy atom. The van der Waals surface area contributed by atoms with Crippen molar-refractivity contribution in [1.82, 2.24) is 4.98 Å². The highest BCUT2D eigenvalue weighted by atomic mass is 19.4. The predicted molar refractivity (Wildman–Crippen MR) is 58.0 cm³/mol. The molecule has 0 saturated carbocycles. The number of rotatable bonds is 2. The van der Waals surface area contributed by atoms with Crippen molar-refractivity contribution < 1.29 is 23.0 Å². The van der Waals surface area contributed by atoms with E-state index < -0.39 is 12.1 Å². The van der Waals surface area contributed by atoms with E-state index in [1.54, 1.807) is 0 Å². The van der Waals surface area contributed by atoms with Crippen LogP contribution >= 0.6 is 0 Å². The molecule has 0 aliphatic rings. The number of phenolic OH excluding ortho intramolecular Hbond substituents is 1. The lowest BCUT2D eigenvalue weighted by molar-refractivity contribution is -0.274. The summed E-state index contributed by atoms with van der Waals surface area (Å²) in [5.41, 5.74) is 0.375. The van der Waals surface area contributed by atoms with Gasteiger partial charge >= 0.3 is 6.36 Å². The van der Waals surface area contributed by atoms with Crippen molar-refractivity contribution >= 4 is 0 Å². The lowest BCUT2D eigenvalue weighted by Crippen LogP contribution is -2.17. The van der Waals surface area contributed by atoms with E-state index in [0.717, 1.165) is 6.07 Å². The number of aromatic nitrogens is 1. The summed E-state index contributed by atoms with van der Waals surface area (Å²) in [4.78, 5) is 3.76. The van der Waals surface area contributed by atoms with Gasteiger partial charge in [-0.3, -0.25) is 4.98 Å². The van der Waals surface area contributed by atoms with Gasteiger partial charge in [-0.05, 0) is 29.8 Å². The lowest BCUT2D eigenvalue weighted by Gasteiger charge is -2.14. The number of hydrogen-bond donors (Lipinski definition) is 1. The molecular weight excluding hydrogens is 247 g/mol. The first-order valence-electron chi connectivity index (χ1n) is 4.95. The first-order chi connectivity index (χ1) is 8.47. The number of benzene rings is 1. The van der Waals surface area contributed by atoms with Crippen LogP contribution in [0.3, 0.4) is 0 Å². The predicted octanol–water partition coefficient (Wildman–Crippen LogP) is 3.35. The fourth-order valence-corrected chi connectivity index (χ4v) is 1.54. The molecule has 0 amide bonds. The van der Waals surface area contributed by atoms with Crippen molar-refractivity contribution in [1.29, 1.82) is 0 Å². The zero-order valence-electron chi connectivity index (χ0n) is 8.98. The maximum absolute atomic E-state index is 12.3. The Morgan fingerprint density at radius 2 is 1.72 bits per heavy atom. The monoisotopic (exact) mass is 255 g/mol. The Morgan fingerprint density at radius 3 is 2.33 bits per heavy atom. The summed E-state index contributed by atoms with van der Waals surface area (Å²) >= 11 is 0. The summed E-state index contributed by atoms with van der Waals surface area (Å²) < 4.78 is 40.6. The van der Waals surface area contributed by atoms with E-state index in [0.29, 0.717) is 5.56 Å². The van der Waals surface area contributed by atoms with Gasteiger partial charge in [-0.15, -0.1) is 13.2 Å². The number of halogens is 3. The summed E-state index contributed by atoms with van der Waals surface area (Å²) in [6.07, 6.45) is -1.98. The van der Waals surface area contributed by atoms with Crippen LogP contribution in [0.15, 0.2) is 42.7 Å². The quantitative estimate of drug-likeness (QED) is 0.894. The van der Waals surface area contributed by atoms with Crippen LogP contribution in [0.4, 0.5) is 13.2 Å². The fourth-order valence-electron chi connectivity index (χ4n) is 1.54. The Hall–Kier alpha value is -2.24. The summed E-state index contributed by atoms with van der Waals surface area (Å²) in [6.45, 7) is 0. The molecule has 18 heavy (non-hydrogen) atoms. The molecule has 1 N–H and O–H groups in total. The van der Waals surface area contributed by atoms with Crippen molar-refractivity contribution in [2.24, 2.45) is 0 Å². The van der Waals surface area contributed by atoms with Crippen molar-refractivity contribution in [3.8, 4) is 22.6 Å². The van der Waals surface area contributed by atoms with Gasteiger partial charge in [0, 0.05) is 12.4 Å². The molecule has 3 nitrogen and oxygen atoms in total. The molecular formula is C12H8F3NO2. The van der Waals surface area contributed by atoms with Crippen LogP contribution < -0.4 is 4.74 Å². The third-order valence-corrected chi connectivity index (χ3v) is 2.20. The molecule has 0 fully saturated rings. The summed E-state index contributed by atoms with van der Waals surface area (Å²) in [5, 5.41) is 9.67. The molecule has 0 atom stereocenters. The number of hydrogen-bond acceptors (Lipinski definition) is 3. The third-order valence-electron chi connectivity index (χ3n) is 2.20. The van der Waals surface area contributed by atoms with E-state index in [9.17, 15) is 18.3 Å². The second-order valence-corrected chi connectivity index (χ2v) is 3.43. The zero-order chi connectivity index (χ0) is 13.2. The first-order valence-corrected chi connectivity index (χ1v) is 4.95. The minimum atomic E-state index is -4.81. The van der Waals surface area contributed by atoms with Crippen molar-refractivity contribution in [3.63, 3.8) is 0 Å². The largest absolute Gasteiger partial charge is 0.573 e. The number of alkyl halides is 3. The number of pyridine rings is 1. The molecule has 1 aromatic heterocycles.